The van der Waals surface area contributed by atoms with Crippen LogP contribution in [0.25, 0.3) is 0 Å². The Bertz CT molecular complexity index is 450. The maximum atomic E-state index is 11.4. The van der Waals surface area contributed by atoms with Crippen molar-refractivity contribution in [3.63, 3.8) is 0 Å². The zero-order valence-corrected chi connectivity index (χ0v) is 11.1. The number of fused-ring (bicyclic) bond motifs is 1. The molecule has 1 atom stereocenters. The lowest BCUT2D eigenvalue weighted by molar-refractivity contribution is -0.123. The molecule has 0 radical (unpaired) electrons. The first kappa shape index (κ1) is 10.9. The fourth-order valence-electron chi connectivity index (χ4n) is 1.52. The minimum atomic E-state index is -0.774. The van der Waals surface area contributed by atoms with E-state index in [2.05, 4.69) is 36.8 Å². The topological polar surface area (TPSA) is 65.2 Å². The molecule has 0 saturated carbocycles. The molecule has 1 aromatic heterocycles. The number of primary amides is 1. The van der Waals surface area contributed by atoms with Crippen molar-refractivity contribution in [2.45, 2.75) is 12.3 Å². The van der Waals surface area contributed by atoms with Gasteiger partial charge in [0.1, 0.15) is 21.2 Å². The van der Waals surface area contributed by atoms with Crippen LogP contribution in [0.2, 0.25) is 0 Å². The minimum Gasteiger partial charge on any atom is -0.489 e. The van der Waals surface area contributed by atoms with Crippen LogP contribution in [-0.2, 0) is 10.2 Å². The van der Waals surface area contributed by atoms with E-state index in [0.717, 1.165) is 5.56 Å². The number of pyridine rings is 1. The first-order chi connectivity index (χ1) is 6.95. The number of hydrogen-bond donors (Lipinski definition) is 1. The Balaban J connectivity index is 2.65. The summed E-state index contributed by atoms with van der Waals surface area (Å²) in [5.74, 6) is 0.200. The second kappa shape index (κ2) is 3.45. The SMILES string of the molecule is CC1(C(N)=O)COc2c1cc(Br)nc2Br. The average Bonchev–Trinajstić information content (AvgIpc) is 2.46. The smallest absolute Gasteiger partial charge is 0.231 e. The lowest BCUT2D eigenvalue weighted by Crippen LogP contribution is -2.39. The largest absolute Gasteiger partial charge is 0.489 e. The van der Waals surface area contributed by atoms with Gasteiger partial charge in [-0.25, -0.2) is 4.98 Å². The van der Waals surface area contributed by atoms with Gasteiger partial charge in [-0.15, -0.1) is 0 Å². The van der Waals surface area contributed by atoms with Crippen LogP contribution in [0.1, 0.15) is 12.5 Å². The van der Waals surface area contributed by atoms with E-state index >= 15 is 0 Å². The van der Waals surface area contributed by atoms with Gasteiger partial charge in [0.2, 0.25) is 5.91 Å². The summed E-state index contributed by atoms with van der Waals surface area (Å²) in [5, 5.41) is 0. The molecule has 1 aliphatic heterocycles. The predicted octanol–water partition coefficient (Wildman–Crippen LogP) is 1.74. The molecule has 1 unspecified atom stereocenters. The molecule has 1 amide bonds. The molecule has 2 heterocycles. The number of carbonyl (C=O) groups excluding carboxylic acids is 1. The van der Waals surface area contributed by atoms with Gasteiger partial charge in [0, 0.05) is 5.56 Å². The van der Waals surface area contributed by atoms with Crippen molar-refractivity contribution < 1.29 is 9.53 Å². The fourth-order valence-corrected chi connectivity index (χ4v) is 2.68. The van der Waals surface area contributed by atoms with Gasteiger partial charge in [-0.1, -0.05) is 0 Å². The maximum absolute atomic E-state index is 11.4. The first-order valence-corrected chi connectivity index (χ1v) is 5.83. The third-order valence-corrected chi connectivity index (χ3v) is 3.49. The first-order valence-electron chi connectivity index (χ1n) is 4.24. The summed E-state index contributed by atoms with van der Waals surface area (Å²) in [7, 11) is 0. The normalized spacial score (nSPS) is 23.4. The molecule has 2 rings (SSSR count). The molecule has 4 nitrogen and oxygen atoms in total. The Kier molecular flexibility index (Phi) is 2.50. The Morgan fingerprint density at radius 2 is 2.33 bits per heavy atom. The van der Waals surface area contributed by atoms with E-state index < -0.39 is 11.3 Å². The van der Waals surface area contributed by atoms with Gasteiger partial charge in [-0.2, -0.15) is 0 Å². The molecule has 0 aliphatic carbocycles. The molecule has 0 bridgehead atoms. The maximum Gasteiger partial charge on any atom is 0.231 e. The Hall–Kier alpha value is -0.620. The standard InChI is InChI=1S/C9H8Br2N2O2/c1-9(8(12)14)3-15-6-4(9)2-5(10)13-7(6)11/h2H,3H2,1H3,(H2,12,14). The molecular formula is C9H8Br2N2O2. The highest BCUT2D eigenvalue weighted by Crippen LogP contribution is 2.43. The quantitative estimate of drug-likeness (QED) is 0.795. The van der Waals surface area contributed by atoms with E-state index in [9.17, 15) is 4.79 Å². The Morgan fingerprint density at radius 3 is 2.93 bits per heavy atom. The van der Waals surface area contributed by atoms with Crippen molar-refractivity contribution in [3.05, 3.63) is 20.8 Å². The lowest BCUT2D eigenvalue weighted by Gasteiger charge is -2.17. The van der Waals surface area contributed by atoms with Crippen LogP contribution in [0.4, 0.5) is 0 Å². The number of carbonyl (C=O) groups is 1. The summed E-state index contributed by atoms with van der Waals surface area (Å²) in [6.07, 6.45) is 0. The van der Waals surface area contributed by atoms with E-state index in [4.69, 9.17) is 10.5 Å². The van der Waals surface area contributed by atoms with Crippen LogP contribution in [-0.4, -0.2) is 17.5 Å². The van der Waals surface area contributed by atoms with Gasteiger partial charge in [0.05, 0.1) is 0 Å². The zero-order valence-electron chi connectivity index (χ0n) is 7.88. The lowest BCUT2D eigenvalue weighted by atomic mass is 9.84. The minimum absolute atomic E-state index is 0.258. The van der Waals surface area contributed by atoms with Crippen molar-refractivity contribution in [2.24, 2.45) is 5.73 Å². The second-order valence-corrected chi connectivity index (χ2v) is 5.16. The van der Waals surface area contributed by atoms with Gasteiger partial charge in [-0.05, 0) is 44.8 Å². The highest BCUT2D eigenvalue weighted by molar-refractivity contribution is 9.11. The van der Waals surface area contributed by atoms with Crippen molar-refractivity contribution in [2.75, 3.05) is 6.61 Å². The molecule has 6 heteroatoms. The molecule has 0 fully saturated rings. The summed E-state index contributed by atoms with van der Waals surface area (Å²) >= 11 is 6.55. The highest BCUT2D eigenvalue weighted by atomic mass is 79.9. The number of amides is 1. The van der Waals surface area contributed by atoms with E-state index in [-0.39, 0.29) is 6.61 Å². The third-order valence-electron chi connectivity index (χ3n) is 2.54. The molecule has 1 aliphatic rings. The summed E-state index contributed by atoms with van der Waals surface area (Å²) in [4.78, 5) is 15.5. The van der Waals surface area contributed by atoms with Gasteiger partial charge in [0.15, 0.2) is 5.75 Å². The molecule has 0 spiro atoms. The van der Waals surface area contributed by atoms with Crippen LogP contribution in [0.5, 0.6) is 5.75 Å². The summed E-state index contributed by atoms with van der Waals surface area (Å²) < 4.78 is 6.66. The number of hydrogen-bond acceptors (Lipinski definition) is 3. The van der Waals surface area contributed by atoms with Gasteiger partial charge >= 0.3 is 0 Å². The van der Waals surface area contributed by atoms with Gasteiger partial charge in [-0.3, -0.25) is 4.79 Å². The average molecular weight is 336 g/mol. The van der Waals surface area contributed by atoms with Crippen LogP contribution < -0.4 is 10.5 Å². The van der Waals surface area contributed by atoms with Crippen molar-refractivity contribution in [3.8, 4) is 5.75 Å². The third kappa shape index (κ3) is 1.56. The summed E-state index contributed by atoms with van der Waals surface area (Å²) in [6.45, 7) is 2.02. The summed E-state index contributed by atoms with van der Waals surface area (Å²) in [5.41, 5.74) is 5.37. The number of nitrogens with two attached hydrogens (primary N) is 1. The van der Waals surface area contributed by atoms with Crippen molar-refractivity contribution in [1.82, 2.24) is 4.98 Å². The predicted molar refractivity (Wildman–Crippen MR) is 61.7 cm³/mol. The van der Waals surface area contributed by atoms with Crippen LogP contribution in [0, 0.1) is 0 Å². The fraction of sp³-hybridized carbons (Fsp3) is 0.333. The monoisotopic (exact) mass is 334 g/mol. The number of halogens is 2. The summed E-state index contributed by atoms with van der Waals surface area (Å²) in [6, 6.07) is 1.76. The molecule has 0 saturated heterocycles. The molecule has 15 heavy (non-hydrogen) atoms. The molecular weight excluding hydrogens is 328 g/mol. The number of rotatable bonds is 1. The van der Waals surface area contributed by atoms with Crippen molar-refractivity contribution in [1.29, 1.82) is 0 Å². The van der Waals surface area contributed by atoms with Gasteiger partial charge < -0.3 is 10.5 Å². The van der Waals surface area contributed by atoms with Crippen molar-refractivity contribution >= 4 is 37.8 Å². The molecule has 2 N–H and O–H groups in total. The zero-order chi connectivity index (χ0) is 11.2. The van der Waals surface area contributed by atoms with Crippen LogP contribution in [0.15, 0.2) is 15.3 Å². The highest BCUT2D eigenvalue weighted by Gasteiger charge is 2.43. The Labute approximate surface area is 103 Å². The van der Waals surface area contributed by atoms with Crippen LogP contribution >= 0.6 is 31.9 Å². The molecule has 0 aromatic carbocycles. The van der Waals surface area contributed by atoms with E-state index in [1.54, 1.807) is 13.0 Å². The van der Waals surface area contributed by atoms with E-state index in [0.29, 0.717) is 15.0 Å². The Morgan fingerprint density at radius 1 is 1.67 bits per heavy atom. The van der Waals surface area contributed by atoms with E-state index in [1.165, 1.54) is 0 Å². The second-order valence-electron chi connectivity index (χ2n) is 3.60. The number of ether oxygens (including phenoxy) is 1. The van der Waals surface area contributed by atoms with E-state index in [1.807, 2.05) is 0 Å². The number of aromatic nitrogens is 1. The van der Waals surface area contributed by atoms with Gasteiger partial charge in [0.25, 0.3) is 0 Å². The van der Waals surface area contributed by atoms with Crippen LogP contribution in [0.3, 0.4) is 0 Å². The molecule has 80 valence electrons. The molecule has 1 aromatic rings. The number of nitrogens with zero attached hydrogens (tertiary/aromatic N) is 1.